The summed E-state index contributed by atoms with van der Waals surface area (Å²) in [5.41, 5.74) is 1.86. The standard InChI is InChI=1S/C27H28BrClN4O4S2/c1-16(18-6-4-3-5-7-18)37-20-9-8-19(21(29)14-20)15-33-17(2)30-22-10-11-23(31-26(22)33)27(34)32-39(35,36)25-13-12-24(28)38-25/h8-14,16,18H,3-7,15H2,1-2H3,(H,32,34). The molecule has 1 N–H and O–H groups in total. The summed E-state index contributed by atoms with van der Waals surface area (Å²) in [4.78, 5) is 21.8. The molecule has 0 bridgehead atoms. The van der Waals surface area contributed by atoms with Gasteiger partial charge >= 0.3 is 0 Å². The Balaban J connectivity index is 1.35. The van der Waals surface area contributed by atoms with Crippen molar-refractivity contribution in [1.82, 2.24) is 19.3 Å². The molecular formula is C27H28BrClN4O4S2. The fourth-order valence-corrected chi connectivity index (χ4v) is 8.11. The van der Waals surface area contributed by atoms with Crippen LogP contribution in [0.15, 0.2) is 50.5 Å². The Kier molecular flexibility index (Phi) is 8.32. The van der Waals surface area contributed by atoms with Crippen molar-refractivity contribution < 1.29 is 17.9 Å². The molecule has 3 aromatic heterocycles. The molecule has 0 spiro atoms. The molecule has 4 aromatic rings. The average molecular weight is 652 g/mol. The number of nitrogens with zero attached hydrogens (tertiary/aromatic N) is 3. The lowest BCUT2D eigenvalue weighted by Gasteiger charge is -2.28. The Labute approximate surface area is 244 Å². The Morgan fingerprint density at radius 1 is 1.18 bits per heavy atom. The van der Waals surface area contributed by atoms with E-state index in [-0.39, 0.29) is 16.0 Å². The van der Waals surface area contributed by atoms with E-state index < -0.39 is 15.9 Å². The number of aryl methyl sites for hydroxylation is 1. The van der Waals surface area contributed by atoms with E-state index in [0.717, 1.165) is 22.6 Å². The number of fused-ring (bicyclic) bond motifs is 1. The second-order valence-corrected chi connectivity index (χ2v) is 14.5. The van der Waals surface area contributed by atoms with Crippen LogP contribution in [0.3, 0.4) is 0 Å². The molecule has 0 radical (unpaired) electrons. The van der Waals surface area contributed by atoms with Gasteiger partial charge in [0.25, 0.3) is 15.9 Å². The first-order valence-electron chi connectivity index (χ1n) is 12.7. The van der Waals surface area contributed by atoms with Gasteiger partial charge < -0.3 is 9.30 Å². The van der Waals surface area contributed by atoms with E-state index >= 15 is 0 Å². The largest absolute Gasteiger partial charge is 0.490 e. The number of hydrogen-bond donors (Lipinski definition) is 1. The summed E-state index contributed by atoms with van der Waals surface area (Å²) in [6.45, 7) is 4.35. The highest BCUT2D eigenvalue weighted by molar-refractivity contribution is 9.11. The summed E-state index contributed by atoms with van der Waals surface area (Å²) in [6.07, 6.45) is 6.35. The minimum Gasteiger partial charge on any atom is -0.490 e. The summed E-state index contributed by atoms with van der Waals surface area (Å²) >= 11 is 10.9. The van der Waals surface area contributed by atoms with E-state index in [1.165, 1.54) is 44.2 Å². The zero-order valence-electron chi connectivity index (χ0n) is 21.5. The number of sulfonamides is 1. The maximum absolute atomic E-state index is 12.8. The van der Waals surface area contributed by atoms with Crippen LogP contribution in [-0.2, 0) is 16.6 Å². The summed E-state index contributed by atoms with van der Waals surface area (Å²) in [7, 11) is -4.02. The number of hydrogen-bond acceptors (Lipinski definition) is 7. The van der Waals surface area contributed by atoms with Gasteiger partial charge in [0.05, 0.1) is 16.4 Å². The highest BCUT2D eigenvalue weighted by Crippen LogP contribution is 2.31. The number of imidazole rings is 1. The molecule has 3 heterocycles. The zero-order chi connectivity index (χ0) is 27.7. The Morgan fingerprint density at radius 3 is 2.64 bits per heavy atom. The van der Waals surface area contributed by atoms with Gasteiger partial charge in [0, 0.05) is 5.02 Å². The van der Waals surface area contributed by atoms with Crippen LogP contribution in [0.5, 0.6) is 5.75 Å². The molecule has 8 nitrogen and oxygen atoms in total. The van der Waals surface area contributed by atoms with Gasteiger partial charge in [0.2, 0.25) is 0 Å². The van der Waals surface area contributed by atoms with Gasteiger partial charge in [-0.2, -0.15) is 0 Å². The number of amides is 1. The van der Waals surface area contributed by atoms with Gasteiger partial charge in [-0.3, -0.25) is 4.79 Å². The first-order valence-corrected chi connectivity index (χ1v) is 16.2. The van der Waals surface area contributed by atoms with Crippen LogP contribution < -0.4 is 9.46 Å². The third kappa shape index (κ3) is 6.32. The van der Waals surface area contributed by atoms with Crippen molar-refractivity contribution >= 4 is 66.0 Å². The van der Waals surface area contributed by atoms with E-state index in [2.05, 4.69) is 37.5 Å². The van der Waals surface area contributed by atoms with Crippen LogP contribution in [0.25, 0.3) is 11.2 Å². The van der Waals surface area contributed by atoms with Gasteiger partial charge in [0.1, 0.15) is 27.0 Å². The van der Waals surface area contributed by atoms with Crippen molar-refractivity contribution in [2.75, 3.05) is 0 Å². The normalized spacial score (nSPS) is 15.4. The lowest BCUT2D eigenvalue weighted by molar-refractivity contribution is 0.0977. The highest BCUT2D eigenvalue weighted by atomic mass is 79.9. The Morgan fingerprint density at radius 2 is 1.95 bits per heavy atom. The van der Waals surface area contributed by atoms with Crippen molar-refractivity contribution in [2.45, 2.75) is 62.8 Å². The van der Waals surface area contributed by atoms with Gasteiger partial charge in [-0.15, -0.1) is 11.3 Å². The van der Waals surface area contributed by atoms with E-state index in [1.54, 1.807) is 12.1 Å². The second kappa shape index (κ2) is 11.6. The lowest BCUT2D eigenvalue weighted by Crippen LogP contribution is -2.30. The first-order chi connectivity index (χ1) is 18.6. The number of rotatable bonds is 8. The molecule has 39 heavy (non-hydrogen) atoms. The number of nitrogens with one attached hydrogen (secondary N) is 1. The van der Waals surface area contributed by atoms with Crippen molar-refractivity contribution in [2.24, 2.45) is 5.92 Å². The number of benzene rings is 1. The van der Waals surface area contributed by atoms with E-state index in [1.807, 2.05) is 29.7 Å². The predicted octanol–water partition coefficient (Wildman–Crippen LogP) is 6.73. The van der Waals surface area contributed by atoms with Crippen LogP contribution in [0.2, 0.25) is 5.02 Å². The smallest absolute Gasteiger partial charge is 0.283 e. The summed E-state index contributed by atoms with van der Waals surface area (Å²) in [6, 6.07) is 11.8. The van der Waals surface area contributed by atoms with Crippen molar-refractivity contribution in [3.63, 3.8) is 0 Å². The topological polar surface area (TPSA) is 103 Å². The Bertz CT molecular complexity index is 1630. The maximum Gasteiger partial charge on any atom is 0.283 e. The fraction of sp³-hybridized carbons (Fsp3) is 0.370. The monoisotopic (exact) mass is 650 g/mol. The van der Waals surface area contributed by atoms with Gasteiger partial charge in [0.15, 0.2) is 5.65 Å². The minimum atomic E-state index is -4.02. The van der Waals surface area contributed by atoms with E-state index in [9.17, 15) is 13.2 Å². The third-order valence-corrected chi connectivity index (χ3v) is 10.8. The molecule has 206 valence electrons. The van der Waals surface area contributed by atoms with Crippen LogP contribution in [0, 0.1) is 12.8 Å². The average Bonchev–Trinajstić information content (AvgIpc) is 3.48. The first kappa shape index (κ1) is 28.1. The number of aromatic nitrogens is 3. The third-order valence-electron chi connectivity index (χ3n) is 7.04. The second-order valence-electron chi connectivity index (χ2n) is 9.75. The van der Waals surface area contributed by atoms with Crippen molar-refractivity contribution in [1.29, 1.82) is 0 Å². The molecule has 1 aliphatic carbocycles. The van der Waals surface area contributed by atoms with E-state index in [4.69, 9.17) is 16.3 Å². The molecule has 1 atom stereocenters. The molecule has 1 aliphatic rings. The van der Waals surface area contributed by atoms with Gasteiger partial charge in [-0.25, -0.2) is 23.1 Å². The number of halogens is 2. The summed E-state index contributed by atoms with van der Waals surface area (Å²) in [5, 5.41) is 0.562. The van der Waals surface area contributed by atoms with Gasteiger partial charge in [-0.05, 0) is 90.5 Å². The minimum absolute atomic E-state index is 0.0277. The van der Waals surface area contributed by atoms with Crippen LogP contribution >= 0.6 is 38.9 Å². The van der Waals surface area contributed by atoms with Gasteiger partial charge in [-0.1, -0.05) is 36.9 Å². The molecule has 12 heteroatoms. The predicted molar refractivity (Wildman–Crippen MR) is 156 cm³/mol. The number of ether oxygens (including phenoxy) is 1. The summed E-state index contributed by atoms with van der Waals surface area (Å²) < 4.78 is 36.1. The quantitative estimate of drug-likeness (QED) is 0.227. The Hall–Kier alpha value is -2.47. The number of carbonyl (C=O) groups excluding carboxylic acids is 1. The molecule has 5 rings (SSSR count). The number of pyridine rings is 1. The molecule has 1 aromatic carbocycles. The maximum atomic E-state index is 12.8. The zero-order valence-corrected chi connectivity index (χ0v) is 25.5. The van der Waals surface area contributed by atoms with Crippen molar-refractivity contribution in [3.8, 4) is 5.75 Å². The van der Waals surface area contributed by atoms with E-state index in [0.29, 0.717) is 38.3 Å². The molecule has 1 amide bonds. The molecular weight excluding hydrogens is 624 g/mol. The molecule has 0 saturated heterocycles. The molecule has 1 fully saturated rings. The fourth-order valence-electron chi connectivity index (χ4n) is 4.91. The molecule has 0 aliphatic heterocycles. The number of thiophene rings is 1. The molecule has 1 saturated carbocycles. The SMILES string of the molecule is Cc1nc2ccc(C(=O)NS(=O)(=O)c3ccc(Br)s3)nc2n1Cc1ccc(OC(C)C2CCCCC2)cc1Cl. The number of carbonyl (C=O) groups is 1. The summed E-state index contributed by atoms with van der Waals surface area (Å²) in [5.74, 6) is 1.17. The van der Waals surface area contributed by atoms with Crippen molar-refractivity contribution in [3.05, 3.63) is 68.4 Å². The molecule has 1 unspecified atom stereocenters. The van der Waals surface area contributed by atoms with Crippen LogP contribution in [-0.4, -0.2) is 35.0 Å². The highest BCUT2D eigenvalue weighted by Gasteiger charge is 2.23. The van der Waals surface area contributed by atoms with Crippen LogP contribution in [0.4, 0.5) is 0 Å². The van der Waals surface area contributed by atoms with Crippen LogP contribution in [0.1, 0.15) is 60.9 Å². The lowest BCUT2D eigenvalue weighted by atomic mass is 9.86.